The molecule has 0 unspecified atom stereocenters. The fourth-order valence-electron chi connectivity index (χ4n) is 3.24. The molecule has 2 aromatic rings. The number of nitrogens with two attached hydrogens (primary N) is 1. The highest BCUT2D eigenvalue weighted by molar-refractivity contribution is 5.39. The number of hydrogen-bond donors (Lipinski definition) is 1. The largest absolute Gasteiger partial charge is 0.328 e. The summed E-state index contributed by atoms with van der Waals surface area (Å²) < 4.78 is 2.10. The van der Waals surface area contributed by atoms with Gasteiger partial charge >= 0.3 is 0 Å². The summed E-state index contributed by atoms with van der Waals surface area (Å²) in [6, 6.07) is 7.22. The Labute approximate surface area is 120 Å². The molecule has 0 amide bonds. The lowest BCUT2D eigenvalue weighted by Gasteiger charge is -2.35. The Hall–Kier alpha value is -1.39. The van der Waals surface area contributed by atoms with Crippen molar-refractivity contribution in [3.05, 3.63) is 36.3 Å². The first kappa shape index (κ1) is 13.6. The maximum atomic E-state index is 6.01. The van der Waals surface area contributed by atoms with Crippen LogP contribution >= 0.6 is 0 Å². The van der Waals surface area contributed by atoms with Gasteiger partial charge in [-0.15, -0.1) is 0 Å². The van der Waals surface area contributed by atoms with Crippen LogP contribution in [0.15, 0.2) is 30.6 Å². The quantitative estimate of drug-likeness (QED) is 0.930. The molecule has 0 spiro atoms. The highest BCUT2D eigenvalue weighted by atomic mass is 15.2. The van der Waals surface area contributed by atoms with Gasteiger partial charge in [-0.3, -0.25) is 4.90 Å². The zero-order chi connectivity index (χ0) is 13.9. The van der Waals surface area contributed by atoms with E-state index in [2.05, 4.69) is 34.7 Å². The fraction of sp³-hybridized carbons (Fsp3) is 0.562. The average Bonchev–Trinajstić information content (AvgIpc) is 2.88. The van der Waals surface area contributed by atoms with E-state index in [0.717, 1.165) is 37.3 Å². The van der Waals surface area contributed by atoms with Crippen molar-refractivity contribution in [3.8, 4) is 0 Å². The molecule has 0 atom stereocenters. The van der Waals surface area contributed by atoms with E-state index in [1.54, 1.807) is 0 Å². The maximum absolute atomic E-state index is 6.01. The smallest absolute Gasteiger partial charge is 0.137 e. The molecule has 2 aromatic heterocycles. The van der Waals surface area contributed by atoms with Gasteiger partial charge in [0.15, 0.2) is 0 Å². The molecule has 1 aliphatic carbocycles. The topological polar surface area (TPSA) is 46.6 Å². The first-order chi connectivity index (χ1) is 9.76. The second kappa shape index (κ2) is 5.94. The minimum Gasteiger partial charge on any atom is -0.328 e. The Balaban J connectivity index is 1.70. The Kier molecular flexibility index (Phi) is 4.03. The molecule has 20 heavy (non-hydrogen) atoms. The van der Waals surface area contributed by atoms with Crippen molar-refractivity contribution in [2.75, 3.05) is 6.54 Å². The van der Waals surface area contributed by atoms with E-state index in [1.165, 1.54) is 12.8 Å². The highest BCUT2D eigenvalue weighted by Crippen LogP contribution is 2.23. The van der Waals surface area contributed by atoms with Crippen LogP contribution in [0.5, 0.6) is 0 Å². The third-order valence-electron chi connectivity index (χ3n) is 4.44. The number of hydrogen-bond acceptors (Lipinski definition) is 3. The number of fused-ring (bicyclic) bond motifs is 1. The zero-order valence-corrected chi connectivity index (χ0v) is 12.2. The second-order valence-electron chi connectivity index (χ2n) is 5.83. The van der Waals surface area contributed by atoms with Crippen LogP contribution in [0.4, 0.5) is 0 Å². The van der Waals surface area contributed by atoms with Gasteiger partial charge in [-0.1, -0.05) is 13.0 Å². The van der Waals surface area contributed by atoms with Gasteiger partial charge in [-0.2, -0.15) is 0 Å². The lowest BCUT2D eigenvalue weighted by atomic mass is 9.90. The number of aromatic nitrogens is 2. The Morgan fingerprint density at radius 2 is 2.10 bits per heavy atom. The molecule has 4 nitrogen and oxygen atoms in total. The van der Waals surface area contributed by atoms with Crippen molar-refractivity contribution in [1.82, 2.24) is 14.3 Å². The van der Waals surface area contributed by atoms with Gasteiger partial charge in [0.05, 0.1) is 5.69 Å². The molecule has 2 N–H and O–H groups in total. The third-order valence-corrected chi connectivity index (χ3v) is 4.44. The minimum absolute atomic E-state index is 0.417. The summed E-state index contributed by atoms with van der Waals surface area (Å²) in [5.41, 5.74) is 8.20. The molecule has 1 fully saturated rings. The predicted octanol–water partition coefficient (Wildman–Crippen LogP) is 2.43. The van der Waals surface area contributed by atoms with E-state index in [9.17, 15) is 0 Å². The number of imidazole rings is 1. The lowest BCUT2D eigenvalue weighted by molar-refractivity contribution is 0.148. The molecule has 0 bridgehead atoms. The van der Waals surface area contributed by atoms with Crippen molar-refractivity contribution in [2.45, 2.75) is 51.2 Å². The third kappa shape index (κ3) is 2.86. The van der Waals surface area contributed by atoms with Gasteiger partial charge in [0.1, 0.15) is 5.65 Å². The van der Waals surface area contributed by atoms with Crippen LogP contribution in [0.3, 0.4) is 0 Å². The Bertz CT molecular complexity index is 521. The molecule has 0 radical (unpaired) electrons. The van der Waals surface area contributed by atoms with E-state index in [1.807, 2.05) is 12.1 Å². The molecule has 0 saturated heterocycles. The molecule has 4 heteroatoms. The van der Waals surface area contributed by atoms with E-state index in [0.29, 0.717) is 12.1 Å². The van der Waals surface area contributed by atoms with Gasteiger partial charge in [0.25, 0.3) is 0 Å². The van der Waals surface area contributed by atoms with E-state index in [4.69, 9.17) is 10.7 Å². The minimum atomic E-state index is 0.417. The van der Waals surface area contributed by atoms with Gasteiger partial charge in [0.2, 0.25) is 0 Å². The van der Waals surface area contributed by atoms with Crippen LogP contribution in [0.1, 0.15) is 38.3 Å². The summed E-state index contributed by atoms with van der Waals surface area (Å²) in [7, 11) is 0. The highest BCUT2D eigenvalue weighted by Gasteiger charge is 2.23. The van der Waals surface area contributed by atoms with Gasteiger partial charge in [-0.25, -0.2) is 4.98 Å². The van der Waals surface area contributed by atoms with Gasteiger partial charge in [0, 0.05) is 31.0 Å². The first-order valence-corrected chi connectivity index (χ1v) is 7.68. The number of nitrogens with zero attached hydrogens (tertiary/aromatic N) is 3. The second-order valence-corrected chi connectivity index (χ2v) is 5.83. The van der Waals surface area contributed by atoms with Crippen molar-refractivity contribution < 1.29 is 0 Å². The predicted molar refractivity (Wildman–Crippen MR) is 81.5 cm³/mol. The van der Waals surface area contributed by atoms with Crippen molar-refractivity contribution in [3.63, 3.8) is 0 Å². The van der Waals surface area contributed by atoms with Crippen LogP contribution in [0.25, 0.3) is 5.65 Å². The maximum Gasteiger partial charge on any atom is 0.137 e. The Morgan fingerprint density at radius 1 is 1.30 bits per heavy atom. The first-order valence-electron chi connectivity index (χ1n) is 7.68. The number of pyridine rings is 1. The molecular formula is C16H24N4. The summed E-state index contributed by atoms with van der Waals surface area (Å²) >= 11 is 0. The van der Waals surface area contributed by atoms with Crippen molar-refractivity contribution >= 4 is 5.65 Å². The molecule has 1 aliphatic rings. The van der Waals surface area contributed by atoms with Gasteiger partial charge in [-0.05, 0) is 44.4 Å². The standard InChI is InChI=1S/C16H24N4/c1-2-19(15-8-6-13(17)7-9-15)11-14-12-20-10-4-3-5-16(20)18-14/h3-5,10,12-13,15H,2,6-9,11,17H2,1H3. The van der Waals surface area contributed by atoms with Crippen LogP contribution in [0, 0.1) is 0 Å². The monoisotopic (exact) mass is 272 g/mol. The molecule has 0 aliphatic heterocycles. The Morgan fingerprint density at radius 3 is 2.80 bits per heavy atom. The average molecular weight is 272 g/mol. The molecule has 3 rings (SSSR count). The van der Waals surface area contributed by atoms with Crippen molar-refractivity contribution in [1.29, 1.82) is 0 Å². The fourth-order valence-corrected chi connectivity index (χ4v) is 3.24. The molecule has 2 heterocycles. The molecular weight excluding hydrogens is 248 g/mol. The molecule has 1 saturated carbocycles. The summed E-state index contributed by atoms with van der Waals surface area (Å²) in [5.74, 6) is 0. The lowest BCUT2D eigenvalue weighted by Crippen LogP contribution is -2.40. The van der Waals surface area contributed by atoms with E-state index >= 15 is 0 Å². The summed E-state index contributed by atoms with van der Waals surface area (Å²) in [5, 5.41) is 0. The van der Waals surface area contributed by atoms with Crippen LogP contribution < -0.4 is 5.73 Å². The summed E-state index contributed by atoms with van der Waals surface area (Å²) in [4.78, 5) is 7.26. The number of rotatable bonds is 4. The van der Waals surface area contributed by atoms with E-state index < -0.39 is 0 Å². The van der Waals surface area contributed by atoms with Crippen LogP contribution in [-0.2, 0) is 6.54 Å². The van der Waals surface area contributed by atoms with E-state index in [-0.39, 0.29) is 0 Å². The normalized spacial score (nSPS) is 23.6. The SMILES string of the molecule is CCN(Cc1cn2ccccc2n1)C1CCC(N)CC1. The molecule has 108 valence electrons. The van der Waals surface area contributed by atoms with Gasteiger partial charge < -0.3 is 10.1 Å². The van der Waals surface area contributed by atoms with Crippen LogP contribution in [-0.4, -0.2) is 32.9 Å². The summed E-state index contributed by atoms with van der Waals surface area (Å²) in [6.07, 6.45) is 8.97. The summed E-state index contributed by atoms with van der Waals surface area (Å²) in [6.45, 7) is 4.26. The van der Waals surface area contributed by atoms with Crippen molar-refractivity contribution in [2.24, 2.45) is 5.73 Å². The van der Waals surface area contributed by atoms with Crippen LogP contribution in [0.2, 0.25) is 0 Å². The molecule has 0 aromatic carbocycles. The zero-order valence-electron chi connectivity index (χ0n) is 12.2.